The highest BCUT2D eigenvalue weighted by molar-refractivity contribution is 5.83. The van der Waals surface area contributed by atoms with Gasteiger partial charge in [-0.25, -0.2) is 4.68 Å². The van der Waals surface area contributed by atoms with E-state index in [-0.39, 0.29) is 17.7 Å². The summed E-state index contributed by atoms with van der Waals surface area (Å²) in [6.07, 6.45) is 5.94. The van der Waals surface area contributed by atoms with E-state index >= 15 is 0 Å². The molecule has 4 rings (SSSR count). The van der Waals surface area contributed by atoms with Crippen molar-refractivity contribution in [2.45, 2.75) is 50.5 Å². The van der Waals surface area contributed by atoms with Crippen molar-refractivity contribution >= 4 is 5.91 Å². The first-order valence-electron chi connectivity index (χ1n) is 8.14. The van der Waals surface area contributed by atoms with Gasteiger partial charge in [-0.1, -0.05) is 11.6 Å². The molecule has 1 saturated heterocycles. The minimum atomic E-state index is -0.214. The molecule has 1 fully saturated rings. The van der Waals surface area contributed by atoms with Crippen LogP contribution in [0.4, 0.5) is 0 Å². The highest BCUT2D eigenvalue weighted by Crippen LogP contribution is 2.30. The van der Waals surface area contributed by atoms with Gasteiger partial charge >= 0.3 is 0 Å². The first kappa shape index (κ1) is 14.3. The first-order chi connectivity index (χ1) is 11.3. The Morgan fingerprint density at radius 3 is 2.83 bits per heavy atom. The molecule has 122 valence electrons. The molecule has 9 nitrogen and oxygen atoms in total. The lowest BCUT2D eigenvalue weighted by Crippen LogP contribution is -2.41. The van der Waals surface area contributed by atoms with Crippen molar-refractivity contribution in [2.24, 2.45) is 0 Å². The van der Waals surface area contributed by atoms with Crippen LogP contribution in [0.15, 0.2) is 10.9 Å². The largest absolute Gasteiger partial charge is 0.343 e. The zero-order valence-electron chi connectivity index (χ0n) is 12.8. The summed E-state index contributed by atoms with van der Waals surface area (Å²) in [5.41, 5.74) is 0. The molecule has 0 unspecified atom stereocenters. The van der Waals surface area contributed by atoms with Gasteiger partial charge in [0.15, 0.2) is 11.6 Å². The fourth-order valence-electron chi connectivity index (χ4n) is 3.53. The van der Waals surface area contributed by atoms with Crippen molar-refractivity contribution < 1.29 is 9.32 Å². The summed E-state index contributed by atoms with van der Waals surface area (Å²) in [4.78, 5) is 19.0. The third kappa shape index (κ3) is 2.71. The highest BCUT2D eigenvalue weighted by atomic mass is 16.5. The Bertz CT molecular complexity index is 660. The fourth-order valence-corrected chi connectivity index (χ4v) is 3.53. The van der Waals surface area contributed by atoms with Crippen molar-refractivity contribution in [3.05, 3.63) is 18.0 Å². The molecule has 0 N–H and O–H groups in total. The normalized spacial score (nSPS) is 22.6. The SMILES string of the molecule is O=C([C@H]1CCCCn2nnnc21)N1CCC(c2ncon2)CC1. The van der Waals surface area contributed by atoms with Crippen LogP contribution in [-0.4, -0.2) is 54.2 Å². The summed E-state index contributed by atoms with van der Waals surface area (Å²) in [6, 6.07) is 0. The van der Waals surface area contributed by atoms with E-state index in [1.165, 1.54) is 6.39 Å². The molecule has 2 aromatic heterocycles. The number of tetrazole rings is 1. The first-order valence-corrected chi connectivity index (χ1v) is 8.14. The lowest BCUT2D eigenvalue weighted by Gasteiger charge is -2.32. The lowest BCUT2D eigenvalue weighted by atomic mass is 9.94. The molecule has 0 bridgehead atoms. The molecular formula is C14H19N7O2. The summed E-state index contributed by atoms with van der Waals surface area (Å²) < 4.78 is 6.59. The maximum atomic E-state index is 12.9. The molecule has 9 heteroatoms. The monoisotopic (exact) mass is 317 g/mol. The molecular weight excluding hydrogens is 298 g/mol. The predicted octanol–water partition coefficient (Wildman–Crippen LogP) is 0.730. The van der Waals surface area contributed by atoms with E-state index in [0.29, 0.717) is 5.82 Å². The van der Waals surface area contributed by atoms with Gasteiger partial charge in [0.25, 0.3) is 0 Å². The van der Waals surface area contributed by atoms with Crippen LogP contribution in [0.2, 0.25) is 0 Å². The molecule has 0 radical (unpaired) electrons. The molecule has 2 aliphatic heterocycles. The number of carbonyl (C=O) groups excluding carboxylic acids is 1. The van der Waals surface area contributed by atoms with Crippen molar-refractivity contribution in [3.63, 3.8) is 0 Å². The van der Waals surface area contributed by atoms with Crippen molar-refractivity contribution in [1.82, 2.24) is 35.2 Å². The third-order valence-corrected chi connectivity index (χ3v) is 4.83. The van der Waals surface area contributed by atoms with E-state index in [0.717, 1.165) is 57.6 Å². The highest BCUT2D eigenvalue weighted by Gasteiger charge is 2.34. The molecule has 23 heavy (non-hydrogen) atoms. The number of rotatable bonds is 2. The van der Waals surface area contributed by atoms with Crippen molar-refractivity contribution in [1.29, 1.82) is 0 Å². The van der Waals surface area contributed by atoms with Crippen molar-refractivity contribution in [3.8, 4) is 0 Å². The van der Waals surface area contributed by atoms with Crippen LogP contribution >= 0.6 is 0 Å². The number of aromatic nitrogens is 6. The molecule has 0 saturated carbocycles. The van der Waals surface area contributed by atoms with Crippen LogP contribution in [0.25, 0.3) is 0 Å². The Morgan fingerprint density at radius 1 is 1.17 bits per heavy atom. The number of amides is 1. The number of aryl methyl sites for hydroxylation is 1. The summed E-state index contributed by atoms with van der Waals surface area (Å²) >= 11 is 0. The van der Waals surface area contributed by atoms with Gasteiger partial charge in [0, 0.05) is 25.6 Å². The summed E-state index contributed by atoms with van der Waals surface area (Å²) in [7, 11) is 0. The fraction of sp³-hybridized carbons (Fsp3) is 0.714. The van der Waals surface area contributed by atoms with Crippen LogP contribution in [-0.2, 0) is 11.3 Å². The van der Waals surface area contributed by atoms with E-state index in [1.54, 1.807) is 4.68 Å². The van der Waals surface area contributed by atoms with Gasteiger partial charge in [-0.15, -0.1) is 5.10 Å². The minimum absolute atomic E-state index is 0.148. The predicted molar refractivity (Wildman–Crippen MR) is 77.3 cm³/mol. The average Bonchev–Trinajstić information content (AvgIpc) is 3.24. The zero-order chi connectivity index (χ0) is 15.6. The molecule has 1 atom stereocenters. The number of fused-ring (bicyclic) bond motifs is 1. The molecule has 1 amide bonds. The van der Waals surface area contributed by atoms with E-state index < -0.39 is 0 Å². The van der Waals surface area contributed by atoms with E-state index in [9.17, 15) is 4.79 Å². The van der Waals surface area contributed by atoms with Crippen LogP contribution in [0.1, 0.15) is 55.6 Å². The lowest BCUT2D eigenvalue weighted by molar-refractivity contribution is -0.134. The quantitative estimate of drug-likeness (QED) is 0.804. The van der Waals surface area contributed by atoms with E-state index in [1.807, 2.05) is 4.90 Å². The number of hydrogen-bond donors (Lipinski definition) is 0. The van der Waals surface area contributed by atoms with E-state index in [4.69, 9.17) is 4.52 Å². The molecule has 0 aliphatic carbocycles. The van der Waals surface area contributed by atoms with Crippen LogP contribution < -0.4 is 0 Å². The minimum Gasteiger partial charge on any atom is -0.343 e. The number of likely N-dealkylation sites (tertiary alicyclic amines) is 1. The average molecular weight is 317 g/mol. The molecule has 0 aromatic carbocycles. The zero-order valence-corrected chi connectivity index (χ0v) is 12.8. The second kappa shape index (κ2) is 6.05. The van der Waals surface area contributed by atoms with Gasteiger partial charge < -0.3 is 9.42 Å². The number of hydrogen-bond acceptors (Lipinski definition) is 7. The standard InChI is InChI=1S/C14H19N7O2/c22-14(11-3-1-2-6-21-13(11)16-18-19-21)20-7-4-10(5-8-20)12-15-9-23-17-12/h9-11H,1-8H2/t11-/m0/s1. The Balaban J connectivity index is 1.44. The van der Waals surface area contributed by atoms with Gasteiger partial charge in [-0.2, -0.15) is 4.98 Å². The van der Waals surface area contributed by atoms with Gasteiger partial charge in [0.1, 0.15) is 0 Å². The smallest absolute Gasteiger partial charge is 0.233 e. The maximum absolute atomic E-state index is 12.9. The summed E-state index contributed by atoms with van der Waals surface area (Å²) in [5.74, 6) is 1.67. The van der Waals surface area contributed by atoms with Crippen molar-refractivity contribution in [2.75, 3.05) is 13.1 Å². The summed E-state index contributed by atoms with van der Waals surface area (Å²) in [6.45, 7) is 2.23. The second-order valence-corrected chi connectivity index (χ2v) is 6.20. The molecule has 2 aromatic rings. The molecule has 2 aliphatic rings. The van der Waals surface area contributed by atoms with E-state index in [2.05, 4.69) is 25.7 Å². The Labute approximate surface area is 133 Å². The topological polar surface area (TPSA) is 103 Å². The maximum Gasteiger partial charge on any atom is 0.233 e. The number of carbonyl (C=O) groups is 1. The Hall–Kier alpha value is -2.32. The van der Waals surface area contributed by atoms with Gasteiger partial charge in [-0.3, -0.25) is 4.79 Å². The van der Waals surface area contributed by atoms with Crippen LogP contribution in [0.5, 0.6) is 0 Å². The Kier molecular flexibility index (Phi) is 3.76. The third-order valence-electron chi connectivity index (χ3n) is 4.83. The molecule has 4 heterocycles. The summed E-state index contributed by atoms with van der Waals surface area (Å²) in [5, 5.41) is 15.7. The van der Waals surface area contributed by atoms with Gasteiger partial charge in [0.2, 0.25) is 12.3 Å². The Morgan fingerprint density at radius 2 is 2.04 bits per heavy atom. The second-order valence-electron chi connectivity index (χ2n) is 6.20. The molecule has 0 spiro atoms. The van der Waals surface area contributed by atoms with Gasteiger partial charge in [0.05, 0.1) is 5.92 Å². The van der Waals surface area contributed by atoms with Crippen LogP contribution in [0, 0.1) is 0 Å². The van der Waals surface area contributed by atoms with Gasteiger partial charge in [-0.05, 0) is 36.1 Å². The number of piperidine rings is 1. The number of nitrogens with zero attached hydrogens (tertiary/aromatic N) is 7. The van der Waals surface area contributed by atoms with Crippen LogP contribution in [0.3, 0.4) is 0 Å².